The Balaban J connectivity index is 1.43. The third kappa shape index (κ3) is 3.35. The van der Waals surface area contributed by atoms with Gasteiger partial charge in [-0.1, -0.05) is 6.07 Å². The van der Waals surface area contributed by atoms with E-state index in [4.69, 9.17) is 0 Å². The first-order chi connectivity index (χ1) is 14.7. The highest BCUT2D eigenvalue weighted by Gasteiger charge is 2.38. The van der Waals surface area contributed by atoms with E-state index in [1.807, 2.05) is 0 Å². The van der Waals surface area contributed by atoms with Gasteiger partial charge in [0.2, 0.25) is 10.0 Å². The molecule has 1 saturated heterocycles. The van der Waals surface area contributed by atoms with Crippen molar-refractivity contribution in [2.75, 3.05) is 13.1 Å². The summed E-state index contributed by atoms with van der Waals surface area (Å²) in [5.41, 5.74) is -0.0692. The molecule has 0 unspecified atom stereocenters. The van der Waals surface area contributed by atoms with E-state index in [1.54, 1.807) is 24.4 Å². The van der Waals surface area contributed by atoms with Crippen LogP contribution in [0.4, 0.5) is 13.2 Å². The van der Waals surface area contributed by atoms with Crippen LogP contribution in [0.15, 0.2) is 54.1 Å². The van der Waals surface area contributed by atoms with Crippen molar-refractivity contribution in [1.29, 1.82) is 0 Å². The molecular formula is C19H17F3N6O2S. The van der Waals surface area contributed by atoms with Crippen LogP contribution >= 0.6 is 0 Å². The smallest absolute Gasteiger partial charge is 0.240 e. The van der Waals surface area contributed by atoms with Crippen LogP contribution in [0.1, 0.15) is 29.9 Å². The second-order valence-corrected chi connectivity index (χ2v) is 9.33. The Hall–Kier alpha value is -2.99. The zero-order valence-electron chi connectivity index (χ0n) is 16.1. The third-order valence-electron chi connectivity index (χ3n) is 5.65. The van der Waals surface area contributed by atoms with Gasteiger partial charge in [0.1, 0.15) is 11.2 Å². The van der Waals surface area contributed by atoms with Crippen molar-refractivity contribution in [1.82, 2.24) is 28.5 Å². The van der Waals surface area contributed by atoms with Gasteiger partial charge in [-0.25, -0.2) is 22.4 Å². The minimum Gasteiger partial charge on any atom is -0.240 e. The van der Waals surface area contributed by atoms with Crippen LogP contribution in [0.5, 0.6) is 0 Å². The van der Waals surface area contributed by atoms with Crippen LogP contribution in [-0.2, 0) is 16.2 Å². The molecule has 0 amide bonds. The summed E-state index contributed by atoms with van der Waals surface area (Å²) in [5, 5.41) is 8.01. The Kier molecular flexibility index (Phi) is 4.52. The number of fused-ring (bicyclic) bond motifs is 2. The molecule has 0 spiro atoms. The lowest BCUT2D eigenvalue weighted by Gasteiger charge is -2.32. The molecule has 4 aromatic rings. The highest BCUT2D eigenvalue weighted by molar-refractivity contribution is 7.89. The minimum atomic E-state index is -4.54. The minimum absolute atomic E-state index is 0.0894. The van der Waals surface area contributed by atoms with E-state index in [2.05, 4.69) is 15.2 Å². The van der Waals surface area contributed by atoms with Crippen LogP contribution < -0.4 is 0 Å². The normalized spacial score (nSPS) is 17.0. The summed E-state index contributed by atoms with van der Waals surface area (Å²) in [6, 6.07) is 6.12. The maximum absolute atomic E-state index is 13.7. The van der Waals surface area contributed by atoms with E-state index >= 15 is 0 Å². The molecule has 31 heavy (non-hydrogen) atoms. The van der Waals surface area contributed by atoms with Crippen molar-refractivity contribution in [3.05, 3.63) is 60.3 Å². The molecule has 4 aromatic heterocycles. The standard InChI is InChI=1S/C19H17F3N6O2S/c20-19(21,22)15-9-18-23-12-25-28(18)11-14(15)13-4-7-26(8-5-13)31(29,30)17-10-24-27-6-2-1-3-16(17)27/h1-3,6,9-13H,4-5,7-8H2. The zero-order chi connectivity index (χ0) is 21.8. The second-order valence-electron chi connectivity index (χ2n) is 7.42. The maximum atomic E-state index is 13.7. The fraction of sp³-hybridized carbons (Fsp3) is 0.316. The molecular weight excluding hydrogens is 433 g/mol. The molecule has 8 nitrogen and oxygen atoms in total. The van der Waals surface area contributed by atoms with E-state index in [-0.39, 0.29) is 42.0 Å². The number of rotatable bonds is 3. The van der Waals surface area contributed by atoms with Gasteiger partial charge in [0.25, 0.3) is 0 Å². The zero-order valence-corrected chi connectivity index (χ0v) is 16.9. The Labute approximate surface area is 175 Å². The van der Waals surface area contributed by atoms with Crippen LogP contribution in [0.2, 0.25) is 0 Å². The molecule has 12 heteroatoms. The Morgan fingerprint density at radius 1 is 1.06 bits per heavy atom. The molecule has 5 rings (SSSR count). The number of piperidine rings is 1. The molecule has 162 valence electrons. The molecule has 1 fully saturated rings. The molecule has 0 bridgehead atoms. The van der Waals surface area contributed by atoms with Crippen LogP contribution in [-0.4, -0.2) is 50.0 Å². The summed E-state index contributed by atoms with van der Waals surface area (Å²) in [7, 11) is -3.81. The SMILES string of the molecule is O=S(=O)(c1cnn2ccccc12)N1CCC(c2cn3ncnc3cc2C(F)(F)F)CC1. The van der Waals surface area contributed by atoms with E-state index in [1.165, 1.54) is 32.1 Å². The van der Waals surface area contributed by atoms with E-state index in [0.717, 1.165) is 6.07 Å². The lowest BCUT2D eigenvalue weighted by Crippen LogP contribution is -2.38. The number of aromatic nitrogens is 5. The highest BCUT2D eigenvalue weighted by Crippen LogP contribution is 2.40. The van der Waals surface area contributed by atoms with Gasteiger partial charge in [0.05, 0.1) is 17.3 Å². The van der Waals surface area contributed by atoms with Gasteiger partial charge in [0.15, 0.2) is 5.65 Å². The quantitative estimate of drug-likeness (QED) is 0.479. The average Bonchev–Trinajstić information content (AvgIpc) is 3.39. The fourth-order valence-corrected chi connectivity index (χ4v) is 5.68. The van der Waals surface area contributed by atoms with Gasteiger partial charge < -0.3 is 0 Å². The first-order valence-electron chi connectivity index (χ1n) is 9.58. The maximum Gasteiger partial charge on any atom is 0.416 e. The first-order valence-corrected chi connectivity index (χ1v) is 11.0. The fourth-order valence-electron chi connectivity index (χ4n) is 4.10. The molecule has 0 atom stereocenters. The van der Waals surface area contributed by atoms with Gasteiger partial charge in [-0.15, -0.1) is 0 Å². The third-order valence-corrected chi connectivity index (χ3v) is 7.57. The van der Waals surface area contributed by atoms with Crippen molar-refractivity contribution in [2.24, 2.45) is 0 Å². The molecule has 0 N–H and O–H groups in total. The molecule has 0 aliphatic carbocycles. The highest BCUT2D eigenvalue weighted by atomic mass is 32.2. The Morgan fingerprint density at radius 2 is 1.84 bits per heavy atom. The van der Waals surface area contributed by atoms with Crippen molar-refractivity contribution in [3.63, 3.8) is 0 Å². The second kappa shape index (κ2) is 7.02. The lowest BCUT2D eigenvalue weighted by molar-refractivity contribution is -0.138. The van der Waals surface area contributed by atoms with Crippen LogP contribution in [0.25, 0.3) is 11.2 Å². The van der Waals surface area contributed by atoms with E-state index in [9.17, 15) is 21.6 Å². The number of halogens is 3. The van der Waals surface area contributed by atoms with Crippen molar-refractivity contribution >= 4 is 21.2 Å². The summed E-state index contributed by atoms with van der Waals surface area (Å²) >= 11 is 0. The summed E-state index contributed by atoms with van der Waals surface area (Å²) in [6.07, 6.45) is 1.50. The number of hydrogen-bond donors (Lipinski definition) is 0. The van der Waals surface area contributed by atoms with Gasteiger partial charge in [-0.2, -0.15) is 27.7 Å². The van der Waals surface area contributed by atoms with E-state index < -0.39 is 27.7 Å². The molecule has 0 aromatic carbocycles. The topological polar surface area (TPSA) is 84.9 Å². The molecule has 1 aliphatic heterocycles. The van der Waals surface area contributed by atoms with Crippen molar-refractivity contribution in [3.8, 4) is 0 Å². The Morgan fingerprint density at radius 3 is 2.58 bits per heavy atom. The number of hydrogen-bond acceptors (Lipinski definition) is 5. The van der Waals surface area contributed by atoms with Crippen molar-refractivity contribution in [2.45, 2.75) is 29.8 Å². The molecule has 1 aliphatic rings. The number of alkyl halides is 3. The predicted molar refractivity (Wildman–Crippen MR) is 104 cm³/mol. The van der Waals surface area contributed by atoms with Crippen LogP contribution in [0.3, 0.4) is 0 Å². The monoisotopic (exact) mass is 450 g/mol. The number of nitrogens with zero attached hydrogens (tertiary/aromatic N) is 6. The van der Waals surface area contributed by atoms with Gasteiger partial charge >= 0.3 is 6.18 Å². The van der Waals surface area contributed by atoms with Gasteiger partial charge in [0, 0.05) is 25.5 Å². The summed E-state index contributed by atoms with van der Waals surface area (Å²) in [6.45, 7) is 0.230. The van der Waals surface area contributed by atoms with Gasteiger partial charge in [-0.05, 0) is 42.5 Å². The number of sulfonamides is 1. The Bertz CT molecular complexity index is 1370. The molecule has 0 saturated carbocycles. The predicted octanol–water partition coefficient (Wildman–Crippen LogP) is 2.96. The largest absolute Gasteiger partial charge is 0.416 e. The summed E-state index contributed by atoms with van der Waals surface area (Å²) in [4.78, 5) is 3.92. The van der Waals surface area contributed by atoms with Crippen LogP contribution in [0, 0.1) is 0 Å². The molecule has 5 heterocycles. The number of pyridine rings is 2. The lowest BCUT2D eigenvalue weighted by atomic mass is 9.88. The summed E-state index contributed by atoms with van der Waals surface area (Å²) in [5.74, 6) is -0.444. The molecule has 0 radical (unpaired) electrons. The van der Waals surface area contributed by atoms with Gasteiger partial charge in [-0.3, -0.25) is 0 Å². The van der Waals surface area contributed by atoms with Crippen molar-refractivity contribution < 1.29 is 21.6 Å². The average molecular weight is 450 g/mol. The van der Waals surface area contributed by atoms with E-state index in [0.29, 0.717) is 5.52 Å². The summed E-state index contributed by atoms with van der Waals surface area (Å²) < 4.78 is 71.4. The first kappa shape index (κ1) is 19.9.